The quantitative estimate of drug-likeness (QED) is 0.773. The van der Waals surface area contributed by atoms with E-state index >= 15 is 0 Å². The highest BCUT2D eigenvalue weighted by Gasteiger charge is 2.26. The van der Waals surface area contributed by atoms with Gasteiger partial charge in [0.15, 0.2) is 0 Å². The third-order valence-corrected chi connectivity index (χ3v) is 3.71. The van der Waals surface area contributed by atoms with Gasteiger partial charge < -0.3 is 10.6 Å². The maximum atomic E-state index is 12.2. The number of nitrogens with zero attached hydrogens (tertiary/aromatic N) is 1. The van der Waals surface area contributed by atoms with E-state index in [1.54, 1.807) is 4.90 Å². The Balaban J connectivity index is 1.82. The minimum Gasteiger partial charge on any atom is -0.331 e. The Labute approximate surface area is 121 Å². The molecule has 0 aliphatic heterocycles. The fourth-order valence-electron chi connectivity index (χ4n) is 2.28. The molecular weight excluding hydrogens is 248 g/mol. The normalized spacial score (nSPS) is 15.4. The molecule has 1 aromatic rings. The van der Waals surface area contributed by atoms with Crippen LogP contribution >= 0.6 is 0 Å². The molecule has 0 radical (unpaired) electrons. The van der Waals surface area contributed by atoms with E-state index in [9.17, 15) is 4.79 Å². The highest BCUT2D eigenvalue weighted by molar-refractivity contribution is 5.76. The van der Waals surface area contributed by atoms with E-state index in [2.05, 4.69) is 5.92 Å². The zero-order valence-electron chi connectivity index (χ0n) is 11.8. The van der Waals surface area contributed by atoms with Crippen molar-refractivity contribution in [2.75, 3.05) is 13.1 Å². The molecule has 0 saturated heterocycles. The van der Waals surface area contributed by atoms with Crippen LogP contribution in [0, 0.1) is 18.3 Å². The van der Waals surface area contributed by atoms with Gasteiger partial charge in [-0.25, -0.2) is 0 Å². The number of carbonyl (C=O) groups excluding carboxylic acids is 1. The largest absolute Gasteiger partial charge is 0.331 e. The number of rotatable bonds is 7. The molecule has 2 rings (SSSR count). The van der Waals surface area contributed by atoms with Gasteiger partial charge >= 0.3 is 0 Å². The number of terminal acetylenes is 1. The van der Waals surface area contributed by atoms with Crippen LogP contribution in [0.3, 0.4) is 0 Å². The second-order valence-corrected chi connectivity index (χ2v) is 5.48. The minimum atomic E-state index is -0.0891. The van der Waals surface area contributed by atoms with Crippen molar-refractivity contribution in [3.8, 4) is 12.3 Å². The van der Waals surface area contributed by atoms with Crippen molar-refractivity contribution in [3.63, 3.8) is 0 Å². The fourth-order valence-corrected chi connectivity index (χ4v) is 2.28. The molecule has 0 heterocycles. The van der Waals surface area contributed by atoms with Crippen LogP contribution in [0.1, 0.15) is 37.3 Å². The van der Waals surface area contributed by atoms with Crippen LogP contribution in [0.25, 0.3) is 0 Å². The van der Waals surface area contributed by atoms with Crippen molar-refractivity contribution >= 4 is 5.91 Å². The molecule has 1 aliphatic rings. The van der Waals surface area contributed by atoms with Crippen LogP contribution in [-0.4, -0.2) is 23.9 Å². The lowest BCUT2D eigenvalue weighted by atomic mass is 10.0. The Hall–Kier alpha value is -1.79. The van der Waals surface area contributed by atoms with Crippen LogP contribution in [0.5, 0.6) is 0 Å². The van der Waals surface area contributed by atoms with Gasteiger partial charge in [-0.2, -0.15) is 0 Å². The summed E-state index contributed by atoms with van der Waals surface area (Å²) >= 11 is 0. The summed E-state index contributed by atoms with van der Waals surface area (Å²) in [5.41, 5.74) is 7.19. The van der Waals surface area contributed by atoms with Crippen LogP contribution in [0.15, 0.2) is 30.3 Å². The van der Waals surface area contributed by atoms with E-state index in [0.717, 1.165) is 12.1 Å². The second-order valence-electron chi connectivity index (χ2n) is 5.48. The number of hydrogen-bond donors (Lipinski definition) is 1. The molecule has 1 unspecified atom stereocenters. The fraction of sp³-hybridized carbons (Fsp3) is 0.471. The van der Waals surface area contributed by atoms with E-state index in [4.69, 9.17) is 12.2 Å². The van der Waals surface area contributed by atoms with Crippen LogP contribution in [0.2, 0.25) is 0 Å². The Kier molecular flexibility index (Phi) is 5.20. The number of amides is 1. The topological polar surface area (TPSA) is 46.3 Å². The van der Waals surface area contributed by atoms with Crippen LogP contribution < -0.4 is 5.73 Å². The molecule has 1 atom stereocenters. The monoisotopic (exact) mass is 270 g/mol. The van der Waals surface area contributed by atoms with E-state index in [1.807, 2.05) is 30.3 Å². The molecule has 20 heavy (non-hydrogen) atoms. The third kappa shape index (κ3) is 4.40. The maximum Gasteiger partial charge on any atom is 0.223 e. The first kappa shape index (κ1) is 14.6. The first-order valence-corrected chi connectivity index (χ1v) is 7.22. The average Bonchev–Trinajstić information content (AvgIpc) is 3.29. The molecule has 1 aromatic carbocycles. The summed E-state index contributed by atoms with van der Waals surface area (Å²) < 4.78 is 0. The van der Waals surface area contributed by atoms with E-state index < -0.39 is 0 Å². The third-order valence-electron chi connectivity index (χ3n) is 3.71. The first-order chi connectivity index (χ1) is 9.70. The van der Waals surface area contributed by atoms with Gasteiger partial charge in [0, 0.05) is 19.0 Å². The lowest BCUT2D eigenvalue weighted by Gasteiger charge is -2.21. The molecule has 1 fully saturated rings. The van der Waals surface area contributed by atoms with Crippen LogP contribution in [-0.2, 0) is 4.79 Å². The van der Waals surface area contributed by atoms with Crippen molar-refractivity contribution in [1.82, 2.24) is 4.90 Å². The number of nitrogens with two attached hydrogens (primary N) is 1. The Morgan fingerprint density at radius 1 is 1.40 bits per heavy atom. The molecule has 1 aliphatic carbocycles. The Bertz CT molecular complexity index is 474. The highest BCUT2D eigenvalue weighted by atomic mass is 16.2. The number of benzene rings is 1. The van der Waals surface area contributed by atoms with Gasteiger partial charge in [0.05, 0.1) is 6.54 Å². The molecule has 2 N–H and O–H groups in total. The molecule has 0 spiro atoms. The van der Waals surface area contributed by atoms with E-state index in [0.29, 0.717) is 25.3 Å². The second kappa shape index (κ2) is 7.12. The lowest BCUT2D eigenvalue weighted by molar-refractivity contribution is -0.131. The molecule has 1 amide bonds. The lowest BCUT2D eigenvalue weighted by Crippen LogP contribution is -2.33. The van der Waals surface area contributed by atoms with E-state index in [1.165, 1.54) is 12.8 Å². The van der Waals surface area contributed by atoms with E-state index in [-0.39, 0.29) is 11.9 Å². The summed E-state index contributed by atoms with van der Waals surface area (Å²) in [6.07, 6.45) is 8.91. The predicted octanol–water partition coefficient (Wildman–Crippen LogP) is 2.34. The van der Waals surface area contributed by atoms with Gasteiger partial charge in [0.25, 0.3) is 0 Å². The van der Waals surface area contributed by atoms with Gasteiger partial charge in [-0.3, -0.25) is 4.79 Å². The van der Waals surface area contributed by atoms with Crippen molar-refractivity contribution in [3.05, 3.63) is 35.9 Å². The van der Waals surface area contributed by atoms with Crippen molar-refractivity contribution in [1.29, 1.82) is 0 Å². The number of carbonyl (C=O) groups is 1. The summed E-state index contributed by atoms with van der Waals surface area (Å²) in [5, 5.41) is 0. The summed E-state index contributed by atoms with van der Waals surface area (Å²) in [6.45, 7) is 1.22. The summed E-state index contributed by atoms with van der Waals surface area (Å²) in [6, 6.07) is 9.81. The first-order valence-electron chi connectivity index (χ1n) is 7.22. The summed E-state index contributed by atoms with van der Waals surface area (Å²) in [7, 11) is 0. The van der Waals surface area contributed by atoms with Gasteiger partial charge in [0.1, 0.15) is 0 Å². The van der Waals surface area contributed by atoms with Crippen molar-refractivity contribution in [2.45, 2.75) is 31.7 Å². The number of hydrogen-bond acceptors (Lipinski definition) is 2. The SMILES string of the molecule is C#CCN(CC1CC1)C(=O)CCC(N)c1ccccc1. The van der Waals surface area contributed by atoms with Crippen molar-refractivity contribution in [2.24, 2.45) is 11.7 Å². The standard InChI is InChI=1S/C17H22N2O/c1-2-12-19(13-14-8-9-14)17(20)11-10-16(18)15-6-4-3-5-7-15/h1,3-7,14,16H,8-13,18H2. The summed E-state index contributed by atoms with van der Waals surface area (Å²) in [4.78, 5) is 14.0. The van der Waals surface area contributed by atoms with Gasteiger partial charge in [-0.15, -0.1) is 6.42 Å². The minimum absolute atomic E-state index is 0.0891. The van der Waals surface area contributed by atoms with Gasteiger partial charge in [0.2, 0.25) is 5.91 Å². The van der Waals surface area contributed by atoms with Gasteiger partial charge in [-0.1, -0.05) is 36.3 Å². The zero-order chi connectivity index (χ0) is 14.4. The van der Waals surface area contributed by atoms with Gasteiger partial charge in [-0.05, 0) is 30.7 Å². The molecule has 3 nitrogen and oxygen atoms in total. The highest BCUT2D eigenvalue weighted by Crippen LogP contribution is 2.30. The molecule has 106 valence electrons. The molecule has 3 heteroatoms. The maximum absolute atomic E-state index is 12.2. The average molecular weight is 270 g/mol. The molecule has 1 saturated carbocycles. The Morgan fingerprint density at radius 2 is 2.10 bits per heavy atom. The zero-order valence-corrected chi connectivity index (χ0v) is 11.8. The Morgan fingerprint density at radius 3 is 2.70 bits per heavy atom. The summed E-state index contributed by atoms with van der Waals surface area (Å²) in [5.74, 6) is 3.36. The molecule has 0 aromatic heterocycles. The van der Waals surface area contributed by atoms with Crippen LogP contribution in [0.4, 0.5) is 0 Å². The van der Waals surface area contributed by atoms with Crippen molar-refractivity contribution < 1.29 is 4.79 Å². The predicted molar refractivity (Wildman–Crippen MR) is 80.7 cm³/mol. The smallest absolute Gasteiger partial charge is 0.223 e. The molecular formula is C17H22N2O. The molecule has 0 bridgehead atoms.